The maximum absolute atomic E-state index is 11.7. The molecule has 0 rings (SSSR count). The molecular weight excluding hydrogens is 205 g/mol. The van der Waals surface area contributed by atoms with Crippen molar-refractivity contribution in [1.82, 2.24) is 0 Å². The Kier molecular flexibility index (Phi) is 4.22. The van der Waals surface area contributed by atoms with Gasteiger partial charge in [-0.05, 0) is 12.3 Å². The van der Waals surface area contributed by atoms with E-state index in [0.717, 1.165) is 0 Å². The number of hydrogen-bond donors (Lipinski definition) is 0. The van der Waals surface area contributed by atoms with Crippen LogP contribution in [0.4, 0.5) is 13.2 Å². The first-order chi connectivity index (χ1) is 5.62. The van der Waals surface area contributed by atoms with Crippen molar-refractivity contribution in [2.24, 2.45) is 5.92 Å². The zero-order valence-corrected chi connectivity index (χ0v) is 8.37. The maximum Gasteiger partial charge on any atom is 0.402 e. The van der Waals surface area contributed by atoms with Crippen molar-refractivity contribution in [3.8, 4) is 0 Å². The highest BCUT2D eigenvalue weighted by Crippen LogP contribution is 2.18. The third-order valence-electron chi connectivity index (χ3n) is 1.39. The van der Waals surface area contributed by atoms with Crippen LogP contribution in [-0.4, -0.2) is 26.1 Å². The van der Waals surface area contributed by atoms with Gasteiger partial charge in [0.2, 0.25) is 0 Å². The van der Waals surface area contributed by atoms with Crippen molar-refractivity contribution < 1.29 is 21.6 Å². The van der Waals surface area contributed by atoms with E-state index >= 15 is 0 Å². The molecule has 0 N–H and O–H groups in total. The molecule has 0 aromatic heterocycles. The minimum absolute atomic E-state index is 0.100. The third kappa shape index (κ3) is 8.08. The Hall–Kier alpha value is -0.260. The van der Waals surface area contributed by atoms with E-state index in [-0.39, 0.29) is 18.1 Å². The Labute approximate surface area is 76.1 Å². The first kappa shape index (κ1) is 12.7. The molecule has 0 aromatic rings. The van der Waals surface area contributed by atoms with Crippen LogP contribution in [0.5, 0.6) is 0 Å². The molecule has 80 valence electrons. The van der Waals surface area contributed by atoms with E-state index in [1.54, 1.807) is 13.8 Å². The summed E-state index contributed by atoms with van der Waals surface area (Å²) in [5, 5.41) is 0. The molecule has 0 aliphatic rings. The van der Waals surface area contributed by atoms with Gasteiger partial charge in [-0.2, -0.15) is 13.2 Å². The number of halogens is 3. The second-order valence-corrected chi connectivity index (χ2v) is 5.57. The number of alkyl halides is 3. The van der Waals surface area contributed by atoms with Gasteiger partial charge in [-0.15, -0.1) is 0 Å². The quantitative estimate of drug-likeness (QED) is 0.723. The van der Waals surface area contributed by atoms with Crippen LogP contribution in [-0.2, 0) is 9.84 Å². The lowest BCUT2D eigenvalue weighted by molar-refractivity contribution is -0.106. The van der Waals surface area contributed by atoms with Crippen molar-refractivity contribution in [1.29, 1.82) is 0 Å². The van der Waals surface area contributed by atoms with E-state index in [4.69, 9.17) is 0 Å². The molecule has 0 radical (unpaired) electrons. The van der Waals surface area contributed by atoms with E-state index in [0.29, 0.717) is 0 Å². The summed E-state index contributed by atoms with van der Waals surface area (Å²) in [7, 11) is -3.96. The fraction of sp³-hybridized carbons (Fsp3) is 1.00. The summed E-state index contributed by atoms with van der Waals surface area (Å²) in [6, 6.07) is 0. The van der Waals surface area contributed by atoms with Gasteiger partial charge in [0.25, 0.3) is 0 Å². The lowest BCUT2D eigenvalue weighted by atomic mass is 10.2. The summed E-state index contributed by atoms with van der Waals surface area (Å²) in [6.07, 6.45) is -4.34. The van der Waals surface area contributed by atoms with E-state index in [1.165, 1.54) is 0 Å². The molecule has 13 heavy (non-hydrogen) atoms. The fourth-order valence-electron chi connectivity index (χ4n) is 0.737. The van der Waals surface area contributed by atoms with E-state index < -0.39 is 21.8 Å². The normalized spacial score (nSPS) is 13.7. The van der Waals surface area contributed by atoms with Gasteiger partial charge < -0.3 is 0 Å². The summed E-state index contributed by atoms with van der Waals surface area (Å²) < 4.78 is 56.8. The first-order valence-corrected chi connectivity index (χ1v) is 5.72. The van der Waals surface area contributed by atoms with Crippen LogP contribution in [0.1, 0.15) is 20.3 Å². The Morgan fingerprint density at radius 1 is 1.23 bits per heavy atom. The molecule has 2 nitrogen and oxygen atoms in total. The molecule has 0 atom stereocenters. The van der Waals surface area contributed by atoms with Gasteiger partial charge in [-0.3, -0.25) is 0 Å². The van der Waals surface area contributed by atoms with Gasteiger partial charge in [0.15, 0.2) is 9.84 Å². The highest BCUT2D eigenvalue weighted by atomic mass is 32.2. The van der Waals surface area contributed by atoms with Gasteiger partial charge in [-0.25, -0.2) is 8.42 Å². The zero-order chi connectivity index (χ0) is 10.7. The van der Waals surface area contributed by atoms with Crippen molar-refractivity contribution >= 4 is 9.84 Å². The second-order valence-electron chi connectivity index (χ2n) is 3.39. The summed E-state index contributed by atoms with van der Waals surface area (Å²) in [5.41, 5.74) is 0. The summed E-state index contributed by atoms with van der Waals surface area (Å²) in [5.74, 6) is -1.99. The van der Waals surface area contributed by atoms with Gasteiger partial charge in [-0.1, -0.05) is 13.8 Å². The number of rotatable bonds is 4. The zero-order valence-electron chi connectivity index (χ0n) is 7.56. The molecular formula is C7H13F3O2S. The molecule has 0 fully saturated rings. The molecule has 0 saturated carbocycles. The topological polar surface area (TPSA) is 34.1 Å². The van der Waals surface area contributed by atoms with Crippen molar-refractivity contribution in [3.63, 3.8) is 0 Å². The van der Waals surface area contributed by atoms with Crippen LogP contribution < -0.4 is 0 Å². The smallest absolute Gasteiger partial charge is 0.228 e. The minimum atomic E-state index is -4.62. The largest absolute Gasteiger partial charge is 0.402 e. The molecule has 0 amide bonds. The van der Waals surface area contributed by atoms with Crippen LogP contribution in [0.2, 0.25) is 0 Å². The van der Waals surface area contributed by atoms with Crippen molar-refractivity contribution in [3.05, 3.63) is 0 Å². The monoisotopic (exact) mass is 218 g/mol. The highest BCUT2D eigenvalue weighted by Gasteiger charge is 2.34. The van der Waals surface area contributed by atoms with Crippen LogP contribution in [0, 0.1) is 5.92 Å². The van der Waals surface area contributed by atoms with Gasteiger partial charge in [0, 0.05) is 0 Å². The number of hydrogen-bond acceptors (Lipinski definition) is 2. The van der Waals surface area contributed by atoms with Crippen LogP contribution in [0.3, 0.4) is 0 Å². The van der Waals surface area contributed by atoms with Crippen molar-refractivity contribution in [2.75, 3.05) is 11.5 Å². The molecule has 0 unspecified atom stereocenters. The fourth-order valence-corrected chi connectivity index (χ4v) is 2.21. The maximum atomic E-state index is 11.7. The SMILES string of the molecule is CC(C)CCS(=O)(=O)CC(F)(F)F. The Morgan fingerprint density at radius 2 is 1.69 bits per heavy atom. The van der Waals surface area contributed by atoms with Crippen LogP contribution in [0.15, 0.2) is 0 Å². The average Bonchev–Trinajstić information content (AvgIpc) is 1.78. The van der Waals surface area contributed by atoms with Gasteiger partial charge in [0.05, 0.1) is 5.75 Å². The molecule has 0 spiro atoms. The molecule has 6 heteroatoms. The molecule has 0 saturated heterocycles. The standard InChI is InChI=1S/C7H13F3O2S/c1-6(2)3-4-13(11,12)5-7(8,9)10/h6H,3-5H2,1-2H3. The first-order valence-electron chi connectivity index (χ1n) is 3.89. The van der Waals surface area contributed by atoms with Crippen LogP contribution in [0.25, 0.3) is 0 Å². The van der Waals surface area contributed by atoms with E-state index in [9.17, 15) is 21.6 Å². The van der Waals surface area contributed by atoms with E-state index in [2.05, 4.69) is 0 Å². The minimum Gasteiger partial charge on any atom is -0.228 e. The Bertz CT molecular complexity index is 241. The number of sulfone groups is 1. The molecule has 0 bridgehead atoms. The van der Waals surface area contributed by atoms with Crippen LogP contribution >= 0.6 is 0 Å². The van der Waals surface area contributed by atoms with Gasteiger partial charge >= 0.3 is 6.18 Å². The van der Waals surface area contributed by atoms with Gasteiger partial charge in [0.1, 0.15) is 5.75 Å². The molecule has 0 aliphatic heterocycles. The second kappa shape index (κ2) is 4.30. The lowest BCUT2D eigenvalue weighted by Crippen LogP contribution is -2.25. The van der Waals surface area contributed by atoms with E-state index in [1.807, 2.05) is 0 Å². The average molecular weight is 218 g/mol. The Morgan fingerprint density at radius 3 is 2.00 bits per heavy atom. The predicted octanol–water partition coefficient (Wildman–Crippen LogP) is 2.01. The Balaban J connectivity index is 4.11. The molecule has 0 aromatic carbocycles. The summed E-state index contributed by atoms with van der Waals surface area (Å²) >= 11 is 0. The van der Waals surface area contributed by atoms with Crippen molar-refractivity contribution in [2.45, 2.75) is 26.4 Å². The summed E-state index contributed by atoms with van der Waals surface area (Å²) in [4.78, 5) is 0. The predicted molar refractivity (Wildman–Crippen MR) is 44.2 cm³/mol. The highest BCUT2D eigenvalue weighted by molar-refractivity contribution is 7.91. The summed E-state index contributed by atoms with van der Waals surface area (Å²) in [6.45, 7) is 3.53. The molecule has 0 heterocycles. The lowest BCUT2D eigenvalue weighted by Gasteiger charge is -2.08. The molecule has 0 aliphatic carbocycles. The third-order valence-corrected chi connectivity index (χ3v) is 3.01.